The van der Waals surface area contributed by atoms with E-state index in [-0.39, 0.29) is 5.91 Å². The molecule has 2 aromatic rings. The fraction of sp³-hybridized carbons (Fsp3) is 0.214. The van der Waals surface area contributed by atoms with Crippen LogP contribution in [-0.4, -0.2) is 20.1 Å². The second-order valence-corrected chi connectivity index (χ2v) is 5.47. The molecule has 0 aliphatic rings. The first kappa shape index (κ1) is 14.4. The Morgan fingerprint density at radius 3 is 2.90 bits per heavy atom. The molecule has 6 heteroatoms. The van der Waals surface area contributed by atoms with Gasteiger partial charge >= 0.3 is 0 Å². The largest absolute Gasteiger partial charge is 0.497 e. The van der Waals surface area contributed by atoms with E-state index >= 15 is 0 Å². The Hall–Kier alpha value is -2.05. The summed E-state index contributed by atoms with van der Waals surface area (Å²) in [5.41, 5.74) is 3.19. The molecule has 20 heavy (non-hydrogen) atoms. The van der Waals surface area contributed by atoms with Crippen LogP contribution in [0.3, 0.4) is 0 Å². The van der Waals surface area contributed by atoms with Crippen LogP contribution in [0.2, 0.25) is 0 Å². The van der Waals surface area contributed by atoms with E-state index in [4.69, 9.17) is 10.6 Å². The van der Waals surface area contributed by atoms with Gasteiger partial charge < -0.3 is 9.64 Å². The lowest BCUT2D eigenvalue weighted by Gasteiger charge is -2.19. The molecule has 1 amide bonds. The number of thiophene rings is 1. The molecular weight excluding hydrogens is 274 g/mol. The van der Waals surface area contributed by atoms with Crippen LogP contribution in [0.5, 0.6) is 5.75 Å². The number of methoxy groups -OCH3 is 1. The van der Waals surface area contributed by atoms with E-state index in [0.29, 0.717) is 4.88 Å². The fourth-order valence-electron chi connectivity index (χ4n) is 1.83. The number of nitrogens with two attached hydrogens (primary N) is 1. The van der Waals surface area contributed by atoms with E-state index in [1.807, 2.05) is 37.4 Å². The molecule has 0 saturated heterocycles. The average molecular weight is 291 g/mol. The van der Waals surface area contributed by atoms with Crippen LogP contribution >= 0.6 is 11.3 Å². The number of nitrogens with zero attached hydrogens (tertiary/aromatic N) is 1. The lowest BCUT2D eigenvalue weighted by Crippen LogP contribution is -2.29. The van der Waals surface area contributed by atoms with Crippen molar-refractivity contribution in [2.45, 2.75) is 6.54 Å². The van der Waals surface area contributed by atoms with Crippen molar-refractivity contribution in [3.63, 3.8) is 0 Å². The van der Waals surface area contributed by atoms with Crippen LogP contribution in [0, 0.1) is 0 Å². The van der Waals surface area contributed by atoms with Gasteiger partial charge in [-0.2, -0.15) is 0 Å². The standard InChI is InChI=1S/C14H17N3O2S/c1-17(10-4-3-5-11(8-10)19-2)9-12-6-7-13(20-12)14(18)16-15/h3-8H,9,15H2,1-2H3,(H,16,18). The number of rotatable bonds is 5. The molecule has 1 heterocycles. The van der Waals surface area contributed by atoms with Gasteiger partial charge in [0.2, 0.25) is 0 Å². The van der Waals surface area contributed by atoms with Crippen molar-refractivity contribution in [2.24, 2.45) is 5.84 Å². The highest BCUT2D eigenvalue weighted by atomic mass is 32.1. The molecule has 0 fully saturated rings. The summed E-state index contributed by atoms with van der Waals surface area (Å²) in [6.45, 7) is 0.718. The predicted molar refractivity (Wildman–Crippen MR) is 81.1 cm³/mol. The molecule has 1 aromatic heterocycles. The maximum absolute atomic E-state index is 11.4. The predicted octanol–water partition coefficient (Wildman–Crippen LogP) is 2.00. The fourth-order valence-corrected chi connectivity index (χ4v) is 2.79. The maximum atomic E-state index is 11.4. The zero-order chi connectivity index (χ0) is 14.5. The number of ether oxygens (including phenoxy) is 1. The summed E-state index contributed by atoms with van der Waals surface area (Å²) in [7, 11) is 3.65. The van der Waals surface area contributed by atoms with Gasteiger partial charge in [0.1, 0.15) is 5.75 Å². The van der Waals surface area contributed by atoms with Crippen LogP contribution in [0.15, 0.2) is 36.4 Å². The van der Waals surface area contributed by atoms with Crippen molar-refractivity contribution in [1.82, 2.24) is 5.43 Å². The van der Waals surface area contributed by atoms with Crippen LogP contribution in [-0.2, 0) is 6.54 Å². The third-order valence-corrected chi connectivity index (χ3v) is 3.97. The van der Waals surface area contributed by atoms with Crippen LogP contribution in [0.25, 0.3) is 0 Å². The number of hydrogen-bond acceptors (Lipinski definition) is 5. The Bertz CT molecular complexity index is 598. The average Bonchev–Trinajstić information content (AvgIpc) is 2.95. The summed E-state index contributed by atoms with van der Waals surface area (Å²) in [4.78, 5) is 15.2. The van der Waals surface area contributed by atoms with Crippen molar-refractivity contribution in [3.8, 4) is 5.75 Å². The van der Waals surface area contributed by atoms with E-state index in [2.05, 4.69) is 10.3 Å². The molecule has 3 N–H and O–H groups in total. The van der Waals surface area contributed by atoms with E-state index < -0.39 is 0 Å². The third-order valence-electron chi connectivity index (χ3n) is 2.90. The molecule has 1 aromatic carbocycles. The van der Waals surface area contributed by atoms with Crippen LogP contribution < -0.4 is 20.9 Å². The first-order chi connectivity index (χ1) is 9.63. The first-order valence-electron chi connectivity index (χ1n) is 6.09. The molecule has 0 aliphatic carbocycles. The highest BCUT2D eigenvalue weighted by Crippen LogP contribution is 2.24. The smallest absolute Gasteiger partial charge is 0.275 e. The lowest BCUT2D eigenvalue weighted by atomic mass is 10.2. The van der Waals surface area contributed by atoms with Gasteiger partial charge in [-0.05, 0) is 24.3 Å². The van der Waals surface area contributed by atoms with Gasteiger partial charge in [-0.15, -0.1) is 11.3 Å². The SMILES string of the molecule is COc1cccc(N(C)Cc2ccc(C(=O)NN)s2)c1. The number of carbonyl (C=O) groups excluding carboxylic acids is 1. The third kappa shape index (κ3) is 3.28. The number of benzene rings is 1. The second kappa shape index (κ2) is 6.40. The summed E-state index contributed by atoms with van der Waals surface area (Å²) in [6.07, 6.45) is 0. The molecule has 0 unspecified atom stereocenters. The van der Waals surface area contributed by atoms with E-state index in [1.165, 1.54) is 11.3 Å². The van der Waals surface area contributed by atoms with Crippen molar-refractivity contribution in [3.05, 3.63) is 46.2 Å². The van der Waals surface area contributed by atoms with Crippen LogP contribution in [0.4, 0.5) is 5.69 Å². The highest BCUT2D eigenvalue weighted by Gasteiger charge is 2.09. The Morgan fingerprint density at radius 2 is 2.20 bits per heavy atom. The molecule has 0 radical (unpaired) electrons. The number of anilines is 1. The van der Waals surface area contributed by atoms with Gasteiger partial charge in [-0.3, -0.25) is 10.2 Å². The number of hydrogen-bond donors (Lipinski definition) is 2. The Morgan fingerprint density at radius 1 is 1.40 bits per heavy atom. The van der Waals surface area contributed by atoms with Crippen molar-refractivity contribution in [2.75, 3.05) is 19.1 Å². The minimum Gasteiger partial charge on any atom is -0.497 e. The minimum atomic E-state index is -0.259. The molecule has 0 atom stereocenters. The monoisotopic (exact) mass is 291 g/mol. The summed E-state index contributed by atoms with van der Waals surface area (Å²) in [5, 5.41) is 0. The summed E-state index contributed by atoms with van der Waals surface area (Å²) in [5.74, 6) is 5.68. The molecule has 106 valence electrons. The van der Waals surface area contributed by atoms with Gasteiger partial charge in [0, 0.05) is 23.7 Å². The van der Waals surface area contributed by atoms with Crippen molar-refractivity contribution in [1.29, 1.82) is 0 Å². The molecule has 0 bridgehead atoms. The van der Waals surface area contributed by atoms with Crippen LogP contribution in [0.1, 0.15) is 14.5 Å². The zero-order valence-corrected chi connectivity index (χ0v) is 12.2. The van der Waals surface area contributed by atoms with Crippen molar-refractivity contribution < 1.29 is 9.53 Å². The molecule has 0 aliphatic heterocycles. The first-order valence-corrected chi connectivity index (χ1v) is 6.90. The van der Waals surface area contributed by atoms with E-state index in [9.17, 15) is 4.79 Å². The number of nitrogen functional groups attached to an aromatic ring is 1. The molecular formula is C14H17N3O2S. The Kier molecular flexibility index (Phi) is 4.60. The minimum absolute atomic E-state index is 0.259. The number of hydrazine groups is 1. The summed E-state index contributed by atoms with van der Waals surface area (Å²) < 4.78 is 5.21. The number of nitrogens with one attached hydrogen (secondary N) is 1. The van der Waals surface area contributed by atoms with E-state index in [1.54, 1.807) is 13.2 Å². The lowest BCUT2D eigenvalue weighted by molar-refractivity contribution is 0.0957. The molecule has 5 nitrogen and oxygen atoms in total. The van der Waals surface area contributed by atoms with Gasteiger partial charge in [-0.25, -0.2) is 5.84 Å². The maximum Gasteiger partial charge on any atom is 0.275 e. The second-order valence-electron chi connectivity index (χ2n) is 4.30. The Balaban J connectivity index is 2.08. The summed E-state index contributed by atoms with van der Waals surface area (Å²) >= 11 is 1.43. The zero-order valence-electron chi connectivity index (χ0n) is 11.4. The van der Waals surface area contributed by atoms with Gasteiger partial charge in [0.25, 0.3) is 5.91 Å². The van der Waals surface area contributed by atoms with E-state index in [0.717, 1.165) is 22.9 Å². The number of carbonyl (C=O) groups is 1. The number of amides is 1. The molecule has 0 spiro atoms. The molecule has 0 saturated carbocycles. The molecule has 2 rings (SSSR count). The summed E-state index contributed by atoms with van der Waals surface area (Å²) in [6, 6.07) is 11.6. The quantitative estimate of drug-likeness (QED) is 0.502. The van der Waals surface area contributed by atoms with Gasteiger partial charge in [-0.1, -0.05) is 6.07 Å². The van der Waals surface area contributed by atoms with Gasteiger partial charge in [0.15, 0.2) is 0 Å². The van der Waals surface area contributed by atoms with Crippen molar-refractivity contribution >= 4 is 22.9 Å². The topological polar surface area (TPSA) is 67.6 Å². The Labute approximate surface area is 121 Å². The van der Waals surface area contributed by atoms with Gasteiger partial charge in [0.05, 0.1) is 18.5 Å². The highest BCUT2D eigenvalue weighted by molar-refractivity contribution is 7.14. The normalized spacial score (nSPS) is 10.2.